The molecule has 0 aromatic carbocycles. The highest BCUT2D eigenvalue weighted by atomic mass is 16.2. The number of imidazole rings is 1. The van der Waals surface area contributed by atoms with Crippen LogP contribution in [0.3, 0.4) is 0 Å². The fourth-order valence-electron chi connectivity index (χ4n) is 4.11. The van der Waals surface area contributed by atoms with Crippen LogP contribution in [-0.2, 0) is 16.0 Å². The van der Waals surface area contributed by atoms with Gasteiger partial charge in [-0.15, -0.1) is 0 Å². The first-order valence-electron chi connectivity index (χ1n) is 9.56. The molecule has 0 bridgehead atoms. The van der Waals surface area contributed by atoms with Crippen molar-refractivity contribution >= 4 is 17.6 Å². The van der Waals surface area contributed by atoms with Crippen molar-refractivity contribution in [3.63, 3.8) is 0 Å². The summed E-state index contributed by atoms with van der Waals surface area (Å²) in [5.41, 5.74) is 0.912. The lowest BCUT2D eigenvalue weighted by molar-refractivity contribution is -0.140. The van der Waals surface area contributed by atoms with E-state index in [1.165, 1.54) is 12.8 Å². The van der Waals surface area contributed by atoms with E-state index in [2.05, 4.69) is 15.3 Å². The number of nitrogens with one attached hydrogen (secondary N) is 1. The number of hydrogen-bond acceptors (Lipinski definition) is 4. The maximum atomic E-state index is 12.5. The Morgan fingerprint density at radius 1 is 1.27 bits per heavy atom. The molecule has 26 heavy (non-hydrogen) atoms. The molecule has 1 saturated heterocycles. The minimum Gasteiger partial charge on any atom is -0.355 e. The van der Waals surface area contributed by atoms with E-state index in [1.807, 2.05) is 27.8 Å². The molecule has 0 radical (unpaired) electrons. The topological polar surface area (TPSA) is 79.6 Å². The van der Waals surface area contributed by atoms with Crippen LogP contribution in [0, 0.1) is 5.92 Å². The van der Waals surface area contributed by atoms with Crippen molar-refractivity contribution in [1.82, 2.24) is 24.6 Å². The largest absolute Gasteiger partial charge is 0.355 e. The number of hydrogen-bond donors (Lipinski definition) is 1. The molecule has 1 atom stereocenters. The van der Waals surface area contributed by atoms with Gasteiger partial charge in [-0.2, -0.15) is 0 Å². The van der Waals surface area contributed by atoms with Crippen molar-refractivity contribution in [1.29, 1.82) is 0 Å². The number of piperidine rings is 1. The molecular formula is C19H25N5O2. The third-order valence-electron chi connectivity index (χ3n) is 5.55. The Morgan fingerprint density at radius 3 is 2.92 bits per heavy atom. The molecule has 0 spiro atoms. The molecule has 7 heteroatoms. The molecule has 1 saturated carbocycles. The lowest BCUT2D eigenvalue weighted by atomic mass is 9.95. The maximum absolute atomic E-state index is 12.5. The zero-order valence-electron chi connectivity index (χ0n) is 14.9. The van der Waals surface area contributed by atoms with Gasteiger partial charge in [0.1, 0.15) is 0 Å². The summed E-state index contributed by atoms with van der Waals surface area (Å²) in [6.45, 7) is 1.13. The van der Waals surface area contributed by atoms with Crippen LogP contribution >= 0.6 is 0 Å². The predicted octanol–water partition coefficient (Wildman–Crippen LogP) is 1.57. The van der Waals surface area contributed by atoms with Gasteiger partial charge in [0.15, 0.2) is 0 Å². The van der Waals surface area contributed by atoms with E-state index in [9.17, 15) is 9.59 Å². The van der Waals surface area contributed by atoms with Gasteiger partial charge in [0.05, 0.1) is 11.6 Å². The van der Waals surface area contributed by atoms with Crippen molar-refractivity contribution in [3.8, 4) is 0 Å². The fraction of sp³-hybridized carbons (Fsp3) is 0.579. The standard InChI is InChI=1S/C19H25N5O2/c25-17-7-6-14(12-24(17)16-4-1-2-5-16)18(26)20-10-8-15-13-23-11-3-9-21-19(23)22-15/h3,9,11,13-14,16H,1-2,4-8,10,12H2,(H,20,26)/t14-/m0/s1. The SMILES string of the molecule is O=C(NCCc1cn2cccnc2n1)[C@H]1CCC(=O)N(C2CCCC2)C1. The van der Waals surface area contributed by atoms with E-state index in [4.69, 9.17) is 0 Å². The molecule has 0 unspecified atom stereocenters. The first-order valence-corrected chi connectivity index (χ1v) is 9.56. The second-order valence-electron chi connectivity index (χ2n) is 7.32. The van der Waals surface area contributed by atoms with Crippen molar-refractivity contribution in [2.24, 2.45) is 5.92 Å². The van der Waals surface area contributed by atoms with Gasteiger partial charge in [-0.3, -0.25) is 14.0 Å². The Kier molecular flexibility index (Phi) is 4.86. The first kappa shape index (κ1) is 17.0. The zero-order valence-corrected chi connectivity index (χ0v) is 14.9. The number of aromatic nitrogens is 3. The molecule has 2 aliphatic rings. The molecule has 1 aliphatic carbocycles. The lowest BCUT2D eigenvalue weighted by Gasteiger charge is -2.36. The third-order valence-corrected chi connectivity index (χ3v) is 5.55. The van der Waals surface area contributed by atoms with Crippen molar-refractivity contribution in [3.05, 3.63) is 30.4 Å². The minimum absolute atomic E-state index is 0.0578. The monoisotopic (exact) mass is 355 g/mol. The van der Waals surface area contributed by atoms with Gasteiger partial charge < -0.3 is 10.2 Å². The molecule has 2 fully saturated rings. The molecule has 1 aliphatic heterocycles. The molecule has 2 aromatic rings. The molecule has 2 aromatic heterocycles. The number of amides is 2. The van der Waals surface area contributed by atoms with Crippen LogP contribution < -0.4 is 5.32 Å². The third kappa shape index (κ3) is 3.57. The van der Waals surface area contributed by atoms with E-state index in [0.29, 0.717) is 44.2 Å². The van der Waals surface area contributed by atoms with Crippen LogP contribution in [0.4, 0.5) is 0 Å². The summed E-state index contributed by atoms with van der Waals surface area (Å²) in [5.74, 6) is 0.864. The number of likely N-dealkylation sites (tertiary alicyclic amines) is 1. The molecule has 3 heterocycles. The highest BCUT2D eigenvalue weighted by Crippen LogP contribution is 2.28. The molecule has 1 N–H and O–H groups in total. The first-order chi connectivity index (χ1) is 12.7. The van der Waals surface area contributed by atoms with E-state index in [-0.39, 0.29) is 17.7 Å². The van der Waals surface area contributed by atoms with Gasteiger partial charge in [-0.25, -0.2) is 9.97 Å². The summed E-state index contributed by atoms with van der Waals surface area (Å²) in [6.07, 6.45) is 12.0. The van der Waals surface area contributed by atoms with Crippen LogP contribution in [0.15, 0.2) is 24.7 Å². The summed E-state index contributed by atoms with van der Waals surface area (Å²) in [6, 6.07) is 2.21. The zero-order chi connectivity index (χ0) is 17.9. The van der Waals surface area contributed by atoms with E-state index in [1.54, 1.807) is 6.20 Å². The Bertz CT molecular complexity index is 763. The summed E-state index contributed by atoms with van der Waals surface area (Å²) < 4.78 is 1.88. The van der Waals surface area contributed by atoms with Gasteiger partial charge >= 0.3 is 0 Å². The predicted molar refractivity (Wildman–Crippen MR) is 96.4 cm³/mol. The number of fused-ring (bicyclic) bond motifs is 1. The number of nitrogens with zero attached hydrogens (tertiary/aromatic N) is 4. The number of carbonyl (C=O) groups excluding carboxylic acids is 2. The van der Waals surface area contributed by atoms with Crippen LogP contribution in [0.25, 0.3) is 5.78 Å². The summed E-state index contributed by atoms with van der Waals surface area (Å²) in [5, 5.41) is 3.02. The Hall–Kier alpha value is -2.44. The average molecular weight is 355 g/mol. The molecular weight excluding hydrogens is 330 g/mol. The normalized spacial score (nSPS) is 21.5. The van der Waals surface area contributed by atoms with Gasteiger partial charge in [0.25, 0.3) is 0 Å². The highest BCUT2D eigenvalue weighted by molar-refractivity contribution is 5.84. The number of rotatable bonds is 5. The minimum atomic E-state index is -0.0870. The molecule has 4 rings (SSSR count). The van der Waals surface area contributed by atoms with Crippen LogP contribution in [0.5, 0.6) is 0 Å². The average Bonchev–Trinajstić information content (AvgIpc) is 3.31. The van der Waals surface area contributed by atoms with Crippen LogP contribution in [0.1, 0.15) is 44.2 Å². The summed E-state index contributed by atoms with van der Waals surface area (Å²) >= 11 is 0. The van der Waals surface area contributed by atoms with Crippen molar-refractivity contribution in [2.45, 2.75) is 51.0 Å². The van der Waals surface area contributed by atoms with Gasteiger partial charge in [-0.05, 0) is 25.3 Å². The summed E-state index contributed by atoms with van der Waals surface area (Å²) in [7, 11) is 0. The van der Waals surface area contributed by atoms with Crippen LogP contribution in [0.2, 0.25) is 0 Å². The van der Waals surface area contributed by atoms with E-state index >= 15 is 0 Å². The Balaban J connectivity index is 1.29. The highest BCUT2D eigenvalue weighted by Gasteiger charge is 2.34. The van der Waals surface area contributed by atoms with Gasteiger partial charge in [0.2, 0.25) is 17.6 Å². The van der Waals surface area contributed by atoms with Crippen molar-refractivity contribution < 1.29 is 9.59 Å². The smallest absolute Gasteiger partial charge is 0.233 e. The fourth-order valence-corrected chi connectivity index (χ4v) is 4.11. The maximum Gasteiger partial charge on any atom is 0.233 e. The second-order valence-corrected chi connectivity index (χ2v) is 7.32. The Morgan fingerprint density at radius 2 is 2.12 bits per heavy atom. The Labute approximate surface area is 152 Å². The molecule has 2 amide bonds. The number of carbonyl (C=O) groups is 2. The van der Waals surface area contributed by atoms with Gasteiger partial charge in [-0.1, -0.05) is 12.8 Å². The van der Waals surface area contributed by atoms with Crippen LogP contribution in [-0.4, -0.2) is 50.2 Å². The summed E-state index contributed by atoms with van der Waals surface area (Å²) in [4.78, 5) is 35.4. The quantitative estimate of drug-likeness (QED) is 0.883. The van der Waals surface area contributed by atoms with E-state index in [0.717, 1.165) is 18.5 Å². The lowest BCUT2D eigenvalue weighted by Crippen LogP contribution is -2.49. The van der Waals surface area contributed by atoms with Gasteiger partial charge in [0, 0.05) is 50.6 Å². The second kappa shape index (κ2) is 7.43. The van der Waals surface area contributed by atoms with E-state index < -0.39 is 0 Å². The molecule has 7 nitrogen and oxygen atoms in total. The van der Waals surface area contributed by atoms with Crippen molar-refractivity contribution in [2.75, 3.05) is 13.1 Å². The molecule has 138 valence electrons.